The lowest BCUT2D eigenvalue weighted by atomic mass is 10.0. The lowest BCUT2D eigenvalue weighted by molar-refractivity contribution is -0.116. The molecule has 1 N–H and O–H groups in total. The van der Waals surface area contributed by atoms with Crippen LogP contribution in [0, 0.1) is 5.82 Å². The molecule has 1 aliphatic rings. The molecule has 0 spiro atoms. The molecule has 8 heteroatoms. The molecule has 2 heterocycles. The molecule has 0 bridgehead atoms. The quantitative estimate of drug-likeness (QED) is 0.333. The van der Waals surface area contributed by atoms with Gasteiger partial charge in [0.05, 0.1) is 12.2 Å². The molecule has 162 valence electrons. The van der Waals surface area contributed by atoms with Crippen molar-refractivity contribution < 1.29 is 18.7 Å². The number of thioether (sulfide) groups is 1. The Morgan fingerprint density at radius 2 is 2.03 bits per heavy atom. The SMILES string of the molecule is CCOC(=O)c1c(NC(=O)CCCSc2ccc(F)cc2)sc2c1CCN(CC)C2. The second kappa shape index (κ2) is 10.9. The van der Waals surface area contributed by atoms with E-state index >= 15 is 0 Å². The number of carbonyl (C=O) groups excluding carboxylic acids is 2. The van der Waals surface area contributed by atoms with Gasteiger partial charge in [-0.1, -0.05) is 6.92 Å². The lowest BCUT2D eigenvalue weighted by Crippen LogP contribution is -2.30. The number of carbonyl (C=O) groups is 2. The Labute approximate surface area is 185 Å². The Morgan fingerprint density at radius 3 is 2.73 bits per heavy atom. The van der Waals surface area contributed by atoms with Gasteiger partial charge in [-0.2, -0.15) is 0 Å². The number of likely N-dealkylation sites (N-methyl/N-ethyl adjacent to an activating group) is 1. The van der Waals surface area contributed by atoms with E-state index in [-0.39, 0.29) is 17.7 Å². The molecule has 1 aromatic carbocycles. The van der Waals surface area contributed by atoms with Gasteiger partial charge in [0.1, 0.15) is 10.8 Å². The van der Waals surface area contributed by atoms with Crippen LogP contribution in [-0.4, -0.2) is 42.2 Å². The van der Waals surface area contributed by atoms with Crippen LogP contribution in [0.25, 0.3) is 0 Å². The maximum Gasteiger partial charge on any atom is 0.341 e. The number of anilines is 1. The predicted octanol–water partition coefficient (Wildman–Crippen LogP) is 4.95. The molecule has 0 unspecified atom stereocenters. The molecule has 30 heavy (non-hydrogen) atoms. The summed E-state index contributed by atoms with van der Waals surface area (Å²) < 4.78 is 18.2. The van der Waals surface area contributed by atoms with Crippen molar-refractivity contribution in [1.29, 1.82) is 0 Å². The van der Waals surface area contributed by atoms with Crippen molar-refractivity contribution in [3.63, 3.8) is 0 Å². The highest BCUT2D eigenvalue weighted by Crippen LogP contribution is 2.37. The number of fused-ring (bicyclic) bond motifs is 1. The van der Waals surface area contributed by atoms with Crippen molar-refractivity contribution >= 4 is 40.0 Å². The normalized spacial score (nSPS) is 13.7. The Hall–Kier alpha value is -1.90. The zero-order valence-corrected chi connectivity index (χ0v) is 19.0. The van der Waals surface area contributed by atoms with Crippen LogP contribution in [0.5, 0.6) is 0 Å². The molecule has 2 aromatic rings. The van der Waals surface area contributed by atoms with Crippen molar-refractivity contribution in [2.24, 2.45) is 0 Å². The maximum atomic E-state index is 13.0. The van der Waals surface area contributed by atoms with Gasteiger partial charge in [0, 0.05) is 29.3 Å². The van der Waals surface area contributed by atoms with Crippen molar-refractivity contribution in [1.82, 2.24) is 4.90 Å². The average molecular weight is 451 g/mol. The number of hydrogen-bond donors (Lipinski definition) is 1. The first-order valence-electron chi connectivity index (χ1n) is 10.2. The zero-order valence-electron chi connectivity index (χ0n) is 17.3. The number of thiophene rings is 1. The highest BCUT2D eigenvalue weighted by Gasteiger charge is 2.29. The molecule has 0 atom stereocenters. The fourth-order valence-corrected chi connectivity index (χ4v) is 5.52. The molecule has 0 fully saturated rings. The van der Waals surface area contributed by atoms with Gasteiger partial charge < -0.3 is 10.1 Å². The topological polar surface area (TPSA) is 58.6 Å². The van der Waals surface area contributed by atoms with Crippen molar-refractivity contribution in [3.05, 3.63) is 46.1 Å². The van der Waals surface area contributed by atoms with E-state index in [2.05, 4.69) is 17.1 Å². The van der Waals surface area contributed by atoms with Crippen LogP contribution in [0.2, 0.25) is 0 Å². The minimum absolute atomic E-state index is 0.105. The molecule has 0 radical (unpaired) electrons. The Balaban J connectivity index is 1.60. The number of hydrogen-bond acceptors (Lipinski definition) is 6. The van der Waals surface area contributed by atoms with Crippen LogP contribution < -0.4 is 5.32 Å². The van der Waals surface area contributed by atoms with Crippen LogP contribution in [0.3, 0.4) is 0 Å². The van der Waals surface area contributed by atoms with E-state index in [9.17, 15) is 14.0 Å². The number of amides is 1. The Kier molecular flexibility index (Phi) is 8.30. The summed E-state index contributed by atoms with van der Waals surface area (Å²) in [6.45, 7) is 6.87. The third-order valence-electron chi connectivity index (χ3n) is 4.95. The fraction of sp³-hybridized carbons (Fsp3) is 0.455. The van der Waals surface area contributed by atoms with Gasteiger partial charge in [-0.05, 0) is 61.9 Å². The number of rotatable bonds is 9. The smallest absolute Gasteiger partial charge is 0.341 e. The van der Waals surface area contributed by atoms with Crippen LogP contribution in [0.4, 0.5) is 9.39 Å². The number of nitrogens with zero attached hydrogens (tertiary/aromatic N) is 1. The van der Waals surface area contributed by atoms with E-state index in [4.69, 9.17) is 4.74 Å². The average Bonchev–Trinajstić information content (AvgIpc) is 3.09. The molecule has 0 saturated carbocycles. The first kappa shape index (κ1) is 22.8. The second-order valence-corrected chi connectivity index (χ2v) is 9.27. The van der Waals surface area contributed by atoms with Crippen LogP contribution in [0.15, 0.2) is 29.2 Å². The highest BCUT2D eigenvalue weighted by atomic mass is 32.2. The van der Waals surface area contributed by atoms with Crippen molar-refractivity contribution in [2.45, 2.75) is 44.6 Å². The monoisotopic (exact) mass is 450 g/mol. The summed E-state index contributed by atoms with van der Waals surface area (Å²) in [6, 6.07) is 6.34. The van der Waals surface area contributed by atoms with E-state index < -0.39 is 0 Å². The van der Waals surface area contributed by atoms with Gasteiger partial charge in [-0.15, -0.1) is 23.1 Å². The molecule has 0 aliphatic carbocycles. The minimum atomic E-state index is -0.359. The molecule has 1 amide bonds. The van der Waals surface area contributed by atoms with E-state index in [0.29, 0.717) is 30.0 Å². The minimum Gasteiger partial charge on any atom is -0.462 e. The molecule has 1 aliphatic heterocycles. The van der Waals surface area contributed by atoms with Gasteiger partial charge in [-0.25, -0.2) is 9.18 Å². The lowest BCUT2D eigenvalue weighted by Gasteiger charge is -2.25. The summed E-state index contributed by atoms with van der Waals surface area (Å²) in [5.41, 5.74) is 1.55. The van der Waals surface area contributed by atoms with Gasteiger partial charge in [0.2, 0.25) is 5.91 Å². The number of ether oxygens (including phenoxy) is 1. The van der Waals surface area contributed by atoms with Crippen molar-refractivity contribution in [2.75, 3.05) is 30.8 Å². The van der Waals surface area contributed by atoms with Crippen LogP contribution in [0.1, 0.15) is 47.5 Å². The third kappa shape index (κ3) is 5.83. The van der Waals surface area contributed by atoms with E-state index in [1.165, 1.54) is 23.5 Å². The first-order valence-corrected chi connectivity index (χ1v) is 12.0. The molecular weight excluding hydrogens is 423 g/mol. The highest BCUT2D eigenvalue weighted by molar-refractivity contribution is 7.99. The summed E-state index contributed by atoms with van der Waals surface area (Å²) in [5.74, 6) is 0.0426. The fourth-order valence-electron chi connectivity index (χ4n) is 3.38. The van der Waals surface area contributed by atoms with Gasteiger partial charge >= 0.3 is 5.97 Å². The van der Waals surface area contributed by atoms with Gasteiger partial charge in [0.25, 0.3) is 0 Å². The molecule has 0 saturated heterocycles. The summed E-state index contributed by atoms with van der Waals surface area (Å²) in [5, 5.41) is 3.55. The largest absolute Gasteiger partial charge is 0.462 e. The summed E-state index contributed by atoms with van der Waals surface area (Å²) in [6.07, 6.45) is 1.84. The van der Waals surface area contributed by atoms with E-state index in [0.717, 1.165) is 47.1 Å². The van der Waals surface area contributed by atoms with Crippen LogP contribution in [-0.2, 0) is 22.5 Å². The number of halogens is 1. The Bertz CT molecular complexity index is 883. The standard InChI is InChI=1S/C22H27FN2O3S2/c1-3-25-12-11-17-18(14-25)30-21(20(17)22(27)28-4-2)24-19(26)6-5-13-29-16-9-7-15(23)8-10-16/h7-10H,3-6,11-14H2,1-2H3,(H,24,26). The van der Waals surface area contributed by atoms with E-state index in [1.807, 2.05) is 0 Å². The summed E-state index contributed by atoms with van der Waals surface area (Å²) >= 11 is 3.08. The first-order chi connectivity index (χ1) is 14.5. The molecule has 3 rings (SSSR count). The third-order valence-corrected chi connectivity index (χ3v) is 7.18. The van der Waals surface area contributed by atoms with Gasteiger partial charge in [0.15, 0.2) is 0 Å². The second-order valence-electron chi connectivity index (χ2n) is 7.00. The summed E-state index contributed by atoms with van der Waals surface area (Å²) in [4.78, 5) is 29.5. The maximum absolute atomic E-state index is 13.0. The number of nitrogens with one attached hydrogen (secondary N) is 1. The number of benzene rings is 1. The molecule has 1 aromatic heterocycles. The van der Waals surface area contributed by atoms with Crippen molar-refractivity contribution in [3.8, 4) is 0 Å². The Morgan fingerprint density at radius 1 is 1.27 bits per heavy atom. The predicted molar refractivity (Wildman–Crippen MR) is 120 cm³/mol. The van der Waals surface area contributed by atoms with E-state index in [1.54, 1.807) is 30.8 Å². The van der Waals surface area contributed by atoms with Crippen LogP contribution >= 0.6 is 23.1 Å². The molecule has 5 nitrogen and oxygen atoms in total. The zero-order chi connectivity index (χ0) is 21.5. The summed E-state index contributed by atoms with van der Waals surface area (Å²) in [7, 11) is 0. The van der Waals surface area contributed by atoms with Gasteiger partial charge in [-0.3, -0.25) is 9.69 Å². The number of esters is 1. The molecular formula is C22H27FN2O3S2.